The number of anilines is 1. The van der Waals surface area contributed by atoms with E-state index < -0.39 is 12.0 Å². The SMILES string of the molecule is FC(F)(F)c1nnc2ccc(N3CCN(Cc4ccc(-c5cccc(Cl)c5)s4)CC3)nn12. The maximum atomic E-state index is 13.1. The van der Waals surface area contributed by atoms with Gasteiger partial charge in [0.2, 0.25) is 0 Å². The number of hydrogen-bond donors (Lipinski definition) is 0. The second kappa shape index (κ2) is 8.34. The summed E-state index contributed by atoms with van der Waals surface area (Å²) >= 11 is 7.84. The van der Waals surface area contributed by atoms with Gasteiger partial charge in [-0.3, -0.25) is 4.90 Å². The van der Waals surface area contributed by atoms with E-state index in [1.807, 2.05) is 29.2 Å². The van der Waals surface area contributed by atoms with E-state index in [-0.39, 0.29) is 5.65 Å². The number of benzene rings is 1. The Morgan fingerprint density at radius 2 is 1.78 bits per heavy atom. The molecule has 1 aliphatic heterocycles. The third-order valence-electron chi connectivity index (χ3n) is 5.35. The first-order chi connectivity index (χ1) is 15.4. The van der Waals surface area contributed by atoms with Crippen LogP contribution in [0.5, 0.6) is 0 Å². The molecular weight excluding hydrogens is 461 g/mol. The van der Waals surface area contributed by atoms with Gasteiger partial charge in [-0.1, -0.05) is 23.7 Å². The molecular formula is C21H18ClF3N6S. The zero-order valence-corrected chi connectivity index (χ0v) is 18.3. The molecule has 0 N–H and O–H groups in total. The molecule has 1 fully saturated rings. The van der Waals surface area contributed by atoms with Crippen molar-refractivity contribution in [2.45, 2.75) is 12.7 Å². The van der Waals surface area contributed by atoms with Gasteiger partial charge in [0.05, 0.1) is 0 Å². The lowest BCUT2D eigenvalue weighted by Crippen LogP contribution is -2.46. The monoisotopic (exact) mass is 478 g/mol. The van der Waals surface area contributed by atoms with Gasteiger partial charge in [0.15, 0.2) is 5.65 Å². The number of fused-ring (bicyclic) bond motifs is 1. The number of alkyl halides is 3. The van der Waals surface area contributed by atoms with Crippen molar-refractivity contribution in [3.05, 3.63) is 64.3 Å². The van der Waals surface area contributed by atoms with Crippen LogP contribution in [0.1, 0.15) is 10.7 Å². The smallest absolute Gasteiger partial charge is 0.353 e. The van der Waals surface area contributed by atoms with Crippen molar-refractivity contribution in [2.24, 2.45) is 0 Å². The fourth-order valence-electron chi connectivity index (χ4n) is 3.74. The molecule has 166 valence electrons. The highest BCUT2D eigenvalue weighted by Crippen LogP contribution is 2.31. The lowest BCUT2D eigenvalue weighted by molar-refractivity contribution is -0.146. The normalized spacial score (nSPS) is 15.6. The van der Waals surface area contributed by atoms with Crippen LogP contribution in [0.3, 0.4) is 0 Å². The number of aromatic nitrogens is 4. The average molecular weight is 479 g/mol. The number of nitrogens with zero attached hydrogens (tertiary/aromatic N) is 6. The van der Waals surface area contributed by atoms with Crippen molar-refractivity contribution in [3.8, 4) is 10.4 Å². The molecule has 4 aromatic rings. The summed E-state index contributed by atoms with van der Waals surface area (Å²) < 4.78 is 40.1. The molecule has 0 atom stereocenters. The van der Waals surface area contributed by atoms with Crippen LogP contribution in [-0.4, -0.2) is 50.9 Å². The van der Waals surface area contributed by atoms with Crippen molar-refractivity contribution >= 4 is 34.4 Å². The zero-order chi connectivity index (χ0) is 22.3. The van der Waals surface area contributed by atoms with E-state index in [2.05, 4.69) is 32.3 Å². The Balaban J connectivity index is 1.24. The van der Waals surface area contributed by atoms with Crippen LogP contribution in [0.15, 0.2) is 48.5 Å². The first kappa shape index (κ1) is 21.2. The molecule has 0 radical (unpaired) electrons. The second-order valence-electron chi connectivity index (χ2n) is 7.52. The minimum Gasteiger partial charge on any atom is -0.353 e. The van der Waals surface area contributed by atoms with E-state index in [1.165, 1.54) is 15.8 Å². The van der Waals surface area contributed by atoms with Crippen LogP contribution < -0.4 is 4.90 Å². The third-order valence-corrected chi connectivity index (χ3v) is 6.70. The molecule has 5 rings (SSSR count). The van der Waals surface area contributed by atoms with Gasteiger partial charge in [-0.05, 0) is 42.0 Å². The largest absolute Gasteiger partial charge is 0.453 e. The predicted octanol–water partition coefficient (Wildman–Crippen LogP) is 4.85. The number of halogens is 4. The maximum Gasteiger partial charge on any atom is 0.453 e. The molecule has 1 aliphatic rings. The molecule has 0 saturated carbocycles. The molecule has 1 aromatic carbocycles. The summed E-state index contributed by atoms with van der Waals surface area (Å²) in [7, 11) is 0. The molecule has 11 heteroatoms. The summed E-state index contributed by atoms with van der Waals surface area (Å²) in [5, 5.41) is 11.7. The van der Waals surface area contributed by atoms with E-state index in [0.29, 0.717) is 23.9 Å². The van der Waals surface area contributed by atoms with Gasteiger partial charge in [0.25, 0.3) is 5.82 Å². The fraction of sp³-hybridized carbons (Fsp3) is 0.286. The highest BCUT2D eigenvalue weighted by molar-refractivity contribution is 7.15. The van der Waals surface area contributed by atoms with Gasteiger partial charge in [-0.25, -0.2) is 0 Å². The molecule has 3 aromatic heterocycles. The Labute approximate surface area is 190 Å². The molecule has 6 nitrogen and oxygen atoms in total. The van der Waals surface area contributed by atoms with E-state index in [1.54, 1.807) is 17.4 Å². The molecule has 0 aliphatic carbocycles. The van der Waals surface area contributed by atoms with Crippen LogP contribution in [0.25, 0.3) is 16.1 Å². The molecule has 32 heavy (non-hydrogen) atoms. The van der Waals surface area contributed by atoms with Crippen molar-refractivity contribution in [1.82, 2.24) is 24.7 Å². The Hall–Kier alpha value is -2.69. The number of thiophene rings is 1. The number of rotatable bonds is 4. The van der Waals surface area contributed by atoms with Crippen LogP contribution >= 0.6 is 22.9 Å². The summed E-state index contributed by atoms with van der Waals surface area (Å²) in [4.78, 5) is 6.75. The van der Waals surface area contributed by atoms with Gasteiger partial charge >= 0.3 is 6.18 Å². The van der Waals surface area contributed by atoms with Gasteiger partial charge in [0.1, 0.15) is 5.82 Å². The Bertz CT molecular complexity index is 1250. The van der Waals surface area contributed by atoms with Crippen LogP contribution in [0, 0.1) is 0 Å². The average Bonchev–Trinajstić information content (AvgIpc) is 3.41. The maximum absolute atomic E-state index is 13.1. The zero-order valence-electron chi connectivity index (χ0n) is 16.8. The van der Waals surface area contributed by atoms with Crippen molar-refractivity contribution in [3.63, 3.8) is 0 Å². The lowest BCUT2D eigenvalue weighted by atomic mass is 10.2. The predicted molar refractivity (Wildman–Crippen MR) is 118 cm³/mol. The van der Waals surface area contributed by atoms with E-state index in [4.69, 9.17) is 11.6 Å². The summed E-state index contributed by atoms with van der Waals surface area (Å²) in [6.07, 6.45) is -4.60. The highest BCUT2D eigenvalue weighted by atomic mass is 35.5. The van der Waals surface area contributed by atoms with Gasteiger partial charge in [0, 0.05) is 47.5 Å². The van der Waals surface area contributed by atoms with E-state index in [0.717, 1.165) is 29.7 Å². The first-order valence-corrected chi connectivity index (χ1v) is 11.2. The summed E-state index contributed by atoms with van der Waals surface area (Å²) in [6.45, 7) is 3.76. The number of hydrogen-bond acceptors (Lipinski definition) is 6. The first-order valence-electron chi connectivity index (χ1n) is 9.98. The van der Waals surface area contributed by atoms with Gasteiger partial charge < -0.3 is 4.90 Å². The van der Waals surface area contributed by atoms with Gasteiger partial charge in [-0.2, -0.15) is 17.7 Å². The minimum atomic E-state index is -4.60. The summed E-state index contributed by atoms with van der Waals surface area (Å²) in [6, 6.07) is 15.3. The van der Waals surface area contributed by atoms with Crippen LogP contribution in [-0.2, 0) is 12.7 Å². The molecule has 0 amide bonds. The Kier molecular flexibility index (Phi) is 5.52. The summed E-state index contributed by atoms with van der Waals surface area (Å²) in [5.41, 5.74) is 1.18. The van der Waals surface area contributed by atoms with Crippen molar-refractivity contribution in [1.29, 1.82) is 0 Å². The molecule has 0 unspecified atom stereocenters. The Morgan fingerprint density at radius 1 is 0.969 bits per heavy atom. The standard InChI is InChI=1S/C21H18ClF3N6S/c22-15-3-1-2-14(12-15)17-5-4-16(32-17)13-29-8-10-30(11-9-29)19-7-6-18-26-27-20(21(23,24)25)31(18)28-19/h1-7,12H,8-11,13H2. The fourth-order valence-corrected chi connectivity index (χ4v) is 4.98. The lowest BCUT2D eigenvalue weighted by Gasteiger charge is -2.35. The van der Waals surface area contributed by atoms with E-state index in [9.17, 15) is 13.2 Å². The van der Waals surface area contributed by atoms with Crippen LogP contribution in [0.2, 0.25) is 5.02 Å². The molecule has 0 spiro atoms. The van der Waals surface area contributed by atoms with Gasteiger partial charge in [-0.15, -0.1) is 26.6 Å². The van der Waals surface area contributed by atoms with Crippen LogP contribution in [0.4, 0.5) is 19.0 Å². The highest BCUT2D eigenvalue weighted by Gasteiger charge is 2.37. The molecule has 1 saturated heterocycles. The number of piperazine rings is 1. The van der Waals surface area contributed by atoms with E-state index >= 15 is 0 Å². The Morgan fingerprint density at radius 3 is 2.53 bits per heavy atom. The summed E-state index contributed by atoms with van der Waals surface area (Å²) in [5.74, 6) is -0.622. The molecule has 4 heterocycles. The van der Waals surface area contributed by atoms with Crippen molar-refractivity contribution < 1.29 is 13.2 Å². The molecule has 0 bridgehead atoms. The quantitative estimate of drug-likeness (QED) is 0.420. The third kappa shape index (κ3) is 4.30. The topological polar surface area (TPSA) is 49.6 Å². The second-order valence-corrected chi connectivity index (χ2v) is 9.13. The minimum absolute atomic E-state index is 0.0768. The van der Waals surface area contributed by atoms with Crippen molar-refractivity contribution in [2.75, 3.05) is 31.1 Å².